The number of pyridine rings is 2. The predicted octanol–water partition coefficient (Wildman–Crippen LogP) is 11.7. The van der Waals surface area contributed by atoms with Gasteiger partial charge in [0, 0.05) is 23.5 Å². The van der Waals surface area contributed by atoms with Crippen molar-refractivity contribution in [3.63, 3.8) is 0 Å². The van der Waals surface area contributed by atoms with Gasteiger partial charge in [0.2, 0.25) is 0 Å². The summed E-state index contributed by atoms with van der Waals surface area (Å²) >= 11 is 0. The normalized spacial score (nSPS) is 11.3. The lowest BCUT2D eigenvalue weighted by Crippen LogP contribution is -1.93. The van der Waals surface area contributed by atoms with E-state index in [2.05, 4.69) is 157 Å². The highest BCUT2D eigenvalue weighted by atomic mass is 14.7. The Kier molecular flexibility index (Phi) is 6.96. The van der Waals surface area contributed by atoms with Crippen LogP contribution in [0, 0.1) is 13.8 Å². The van der Waals surface area contributed by atoms with Gasteiger partial charge in [-0.1, -0.05) is 127 Å². The second-order valence-electron chi connectivity index (χ2n) is 11.9. The number of rotatable bonds is 5. The fourth-order valence-electron chi connectivity index (χ4n) is 6.78. The minimum atomic E-state index is 1.02. The van der Waals surface area contributed by atoms with Crippen LogP contribution in [0.25, 0.3) is 77.4 Å². The van der Waals surface area contributed by atoms with Crippen LogP contribution in [-0.2, 0) is 0 Å². The van der Waals surface area contributed by atoms with Gasteiger partial charge in [0.05, 0.1) is 11.4 Å². The van der Waals surface area contributed by atoms with E-state index in [1.165, 1.54) is 66.1 Å². The van der Waals surface area contributed by atoms with Gasteiger partial charge in [0.1, 0.15) is 0 Å². The van der Waals surface area contributed by atoms with Gasteiger partial charge < -0.3 is 0 Å². The molecule has 2 nitrogen and oxygen atoms in total. The van der Waals surface area contributed by atoms with Crippen molar-refractivity contribution in [3.8, 4) is 55.9 Å². The molecule has 46 heavy (non-hydrogen) atoms. The van der Waals surface area contributed by atoms with Crippen LogP contribution < -0.4 is 0 Å². The molecule has 0 fully saturated rings. The fourth-order valence-corrected chi connectivity index (χ4v) is 6.78. The molecule has 0 amide bonds. The first-order valence-electron chi connectivity index (χ1n) is 15.7. The molecule has 218 valence electrons. The Morgan fingerprint density at radius 2 is 0.761 bits per heavy atom. The van der Waals surface area contributed by atoms with Crippen molar-refractivity contribution in [3.05, 3.63) is 169 Å². The molecule has 0 aliphatic rings. The van der Waals surface area contributed by atoms with E-state index in [-0.39, 0.29) is 0 Å². The summed E-state index contributed by atoms with van der Waals surface area (Å²) in [4.78, 5) is 9.33. The molecule has 0 N–H and O–H groups in total. The summed E-state index contributed by atoms with van der Waals surface area (Å²) < 4.78 is 0. The molecule has 0 unspecified atom stereocenters. The van der Waals surface area contributed by atoms with Crippen molar-refractivity contribution < 1.29 is 0 Å². The first-order chi connectivity index (χ1) is 22.7. The molecule has 6 aromatic carbocycles. The van der Waals surface area contributed by atoms with Gasteiger partial charge in [-0.25, -0.2) is 0 Å². The van der Waals surface area contributed by atoms with Crippen LogP contribution in [0.2, 0.25) is 0 Å². The number of benzene rings is 6. The second kappa shape index (κ2) is 11.6. The van der Waals surface area contributed by atoms with Gasteiger partial charge in [0.15, 0.2) is 0 Å². The molecule has 0 aliphatic heterocycles. The van der Waals surface area contributed by atoms with Crippen molar-refractivity contribution in [2.24, 2.45) is 0 Å². The molecule has 2 heterocycles. The standard InChI is InChI=1S/C44H32N2/c1-29-10-8-26-45-43(29)34-20-16-32(17-21-34)41-37-14-6-7-15-38(37)42(33-18-22-35(23-19-33)44-30(2)11-9-27-46-44)40-28-36(24-25-39(40)41)31-12-4-3-5-13-31/h3-28H,1-2H3. The lowest BCUT2D eigenvalue weighted by molar-refractivity contribution is 1.27. The highest BCUT2D eigenvalue weighted by molar-refractivity contribution is 6.22. The number of hydrogen-bond donors (Lipinski definition) is 0. The molecular weight excluding hydrogens is 556 g/mol. The molecule has 0 bridgehead atoms. The van der Waals surface area contributed by atoms with Crippen molar-refractivity contribution in [2.45, 2.75) is 13.8 Å². The third kappa shape index (κ3) is 4.85. The van der Waals surface area contributed by atoms with Crippen LogP contribution in [0.3, 0.4) is 0 Å². The SMILES string of the molecule is Cc1cccnc1-c1ccc(-c2c3ccccc3c(-c3ccc(-c4ncccc4C)cc3)c3cc(-c4ccccc4)ccc23)cc1. The van der Waals surface area contributed by atoms with Gasteiger partial charge in [-0.3, -0.25) is 9.97 Å². The Hall–Kier alpha value is -5.86. The molecule has 0 saturated carbocycles. The Labute approximate surface area is 269 Å². The third-order valence-electron chi connectivity index (χ3n) is 9.04. The summed E-state index contributed by atoms with van der Waals surface area (Å²) in [5.41, 5.74) is 13.9. The van der Waals surface area contributed by atoms with Crippen LogP contribution in [-0.4, -0.2) is 9.97 Å². The number of aryl methyl sites for hydroxylation is 2. The van der Waals surface area contributed by atoms with Gasteiger partial charge in [-0.2, -0.15) is 0 Å². The predicted molar refractivity (Wildman–Crippen MR) is 194 cm³/mol. The largest absolute Gasteiger partial charge is 0.256 e. The maximum absolute atomic E-state index is 4.67. The van der Waals surface area contributed by atoms with Gasteiger partial charge >= 0.3 is 0 Å². The maximum atomic E-state index is 4.67. The van der Waals surface area contributed by atoms with Crippen molar-refractivity contribution in [1.82, 2.24) is 9.97 Å². The molecule has 2 heteroatoms. The molecule has 0 atom stereocenters. The summed E-state index contributed by atoms with van der Waals surface area (Å²) in [7, 11) is 0. The van der Waals surface area contributed by atoms with E-state index in [0.717, 1.165) is 22.5 Å². The summed E-state index contributed by atoms with van der Waals surface area (Å²) in [6, 6.07) is 52.5. The number of hydrogen-bond acceptors (Lipinski definition) is 2. The summed E-state index contributed by atoms with van der Waals surface area (Å²) in [5, 5.41) is 4.95. The zero-order chi connectivity index (χ0) is 31.0. The van der Waals surface area contributed by atoms with E-state index in [9.17, 15) is 0 Å². The van der Waals surface area contributed by atoms with E-state index in [1.807, 2.05) is 24.5 Å². The first kappa shape index (κ1) is 27.7. The summed E-state index contributed by atoms with van der Waals surface area (Å²) in [6.45, 7) is 4.23. The third-order valence-corrected chi connectivity index (χ3v) is 9.04. The molecular formula is C44H32N2. The van der Waals surface area contributed by atoms with Crippen molar-refractivity contribution in [2.75, 3.05) is 0 Å². The molecule has 0 saturated heterocycles. The monoisotopic (exact) mass is 588 g/mol. The van der Waals surface area contributed by atoms with E-state index in [4.69, 9.17) is 0 Å². The van der Waals surface area contributed by atoms with E-state index in [1.54, 1.807) is 0 Å². The van der Waals surface area contributed by atoms with Gasteiger partial charge in [-0.05, 0) is 98.1 Å². The lowest BCUT2D eigenvalue weighted by atomic mass is 9.84. The molecule has 0 radical (unpaired) electrons. The number of fused-ring (bicyclic) bond motifs is 2. The van der Waals surface area contributed by atoms with Gasteiger partial charge in [-0.15, -0.1) is 0 Å². The van der Waals surface area contributed by atoms with Crippen LogP contribution in [0.5, 0.6) is 0 Å². The Morgan fingerprint density at radius 3 is 1.28 bits per heavy atom. The Morgan fingerprint density at radius 1 is 0.326 bits per heavy atom. The summed E-state index contributed by atoms with van der Waals surface area (Å²) in [6.07, 6.45) is 3.73. The van der Waals surface area contributed by atoms with Gasteiger partial charge in [0.25, 0.3) is 0 Å². The quantitative estimate of drug-likeness (QED) is 0.187. The molecule has 0 aliphatic carbocycles. The number of aromatic nitrogens is 2. The second-order valence-corrected chi connectivity index (χ2v) is 11.9. The lowest BCUT2D eigenvalue weighted by Gasteiger charge is -2.19. The number of nitrogens with zero attached hydrogens (tertiary/aromatic N) is 2. The zero-order valence-electron chi connectivity index (χ0n) is 25.9. The average Bonchev–Trinajstić information content (AvgIpc) is 3.11. The topological polar surface area (TPSA) is 25.8 Å². The fraction of sp³-hybridized carbons (Fsp3) is 0.0455. The highest BCUT2D eigenvalue weighted by Crippen LogP contribution is 2.45. The van der Waals surface area contributed by atoms with E-state index < -0.39 is 0 Å². The van der Waals surface area contributed by atoms with Crippen LogP contribution in [0.4, 0.5) is 0 Å². The Bertz CT molecular complexity index is 2350. The van der Waals surface area contributed by atoms with Crippen molar-refractivity contribution in [1.29, 1.82) is 0 Å². The molecule has 8 rings (SSSR count). The maximum Gasteiger partial charge on any atom is 0.0731 e. The average molecular weight is 589 g/mol. The van der Waals surface area contributed by atoms with Crippen LogP contribution in [0.1, 0.15) is 11.1 Å². The minimum Gasteiger partial charge on any atom is -0.256 e. The molecule has 8 aromatic rings. The first-order valence-corrected chi connectivity index (χ1v) is 15.7. The van der Waals surface area contributed by atoms with Crippen molar-refractivity contribution >= 4 is 21.5 Å². The molecule has 0 spiro atoms. The Balaban J connectivity index is 1.37. The molecule has 2 aromatic heterocycles. The smallest absolute Gasteiger partial charge is 0.0731 e. The zero-order valence-corrected chi connectivity index (χ0v) is 25.9. The van der Waals surface area contributed by atoms with Crippen LogP contribution in [0.15, 0.2) is 158 Å². The minimum absolute atomic E-state index is 1.02. The summed E-state index contributed by atoms with van der Waals surface area (Å²) in [5.74, 6) is 0. The van der Waals surface area contributed by atoms with Crippen LogP contribution >= 0.6 is 0 Å². The highest BCUT2D eigenvalue weighted by Gasteiger charge is 2.18. The van der Waals surface area contributed by atoms with E-state index >= 15 is 0 Å². The van der Waals surface area contributed by atoms with E-state index in [0.29, 0.717) is 0 Å².